The van der Waals surface area contributed by atoms with E-state index in [1.54, 1.807) is 19.3 Å². The number of rotatable bonds is 3. The van der Waals surface area contributed by atoms with Gasteiger partial charge in [-0.25, -0.2) is 0 Å². The number of Topliss-reactive ketones (excluding diaryl/α,β-unsaturated/α-hetero) is 1. The van der Waals surface area contributed by atoms with E-state index in [9.17, 15) is 9.59 Å². The maximum atomic E-state index is 13.0. The number of hydrogen-bond acceptors (Lipinski definition) is 4. The second-order valence-corrected chi connectivity index (χ2v) is 7.62. The molecule has 2 aliphatic rings. The summed E-state index contributed by atoms with van der Waals surface area (Å²) in [6.07, 6.45) is 5.63. The Balaban J connectivity index is 2.12. The quantitative estimate of drug-likeness (QED) is 0.599. The number of hydrogen-bond donors (Lipinski definition) is 0. The van der Waals surface area contributed by atoms with Gasteiger partial charge in [-0.3, -0.25) is 9.59 Å². The first-order valence-corrected chi connectivity index (χ1v) is 8.77. The van der Waals surface area contributed by atoms with E-state index in [-0.39, 0.29) is 23.6 Å². The topological polar surface area (TPSA) is 56.5 Å². The molecule has 3 rings (SSSR count). The molecule has 5 atom stereocenters. The van der Waals surface area contributed by atoms with Crippen LogP contribution in [0.25, 0.3) is 0 Å². The third-order valence-electron chi connectivity index (χ3n) is 6.29. The first-order valence-electron chi connectivity index (χ1n) is 8.77. The van der Waals surface area contributed by atoms with Crippen LogP contribution in [0.3, 0.4) is 0 Å². The third-order valence-corrected chi connectivity index (χ3v) is 6.29. The maximum absolute atomic E-state index is 13.0. The van der Waals surface area contributed by atoms with Gasteiger partial charge in [-0.05, 0) is 38.2 Å². The number of aryl methyl sites for hydroxylation is 1. The van der Waals surface area contributed by atoms with Gasteiger partial charge in [-0.15, -0.1) is 6.58 Å². The molecular weight excluding hydrogens is 304 g/mol. The van der Waals surface area contributed by atoms with Crippen molar-refractivity contribution in [1.29, 1.82) is 0 Å². The summed E-state index contributed by atoms with van der Waals surface area (Å²) in [6, 6.07) is 0. The Labute approximate surface area is 143 Å². The molecule has 0 saturated heterocycles. The van der Waals surface area contributed by atoms with Gasteiger partial charge in [0.25, 0.3) is 0 Å². The molecule has 1 aromatic heterocycles. The van der Waals surface area contributed by atoms with Gasteiger partial charge in [0, 0.05) is 16.9 Å². The van der Waals surface area contributed by atoms with Gasteiger partial charge in [0.1, 0.15) is 6.10 Å². The molecule has 0 spiro atoms. The molecule has 1 saturated carbocycles. The van der Waals surface area contributed by atoms with Crippen molar-refractivity contribution >= 4 is 11.8 Å². The van der Waals surface area contributed by atoms with Gasteiger partial charge >= 0.3 is 5.97 Å². The normalized spacial score (nSPS) is 33.3. The van der Waals surface area contributed by atoms with Crippen molar-refractivity contribution in [2.24, 2.45) is 23.2 Å². The van der Waals surface area contributed by atoms with E-state index in [1.165, 1.54) is 0 Å². The van der Waals surface area contributed by atoms with Crippen molar-refractivity contribution in [1.82, 2.24) is 0 Å². The van der Waals surface area contributed by atoms with Crippen molar-refractivity contribution in [2.75, 3.05) is 0 Å². The fourth-order valence-electron chi connectivity index (χ4n) is 4.39. The van der Waals surface area contributed by atoms with Crippen LogP contribution in [-0.2, 0) is 9.53 Å². The average molecular weight is 330 g/mol. The highest BCUT2D eigenvalue weighted by Crippen LogP contribution is 2.59. The maximum Gasteiger partial charge on any atom is 0.313 e. The summed E-state index contributed by atoms with van der Waals surface area (Å²) in [5.41, 5.74) is 1.24. The number of carbonyl (C=O) groups excluding carboxylic acids is 2. The molecule has 1 aromatic rings. The monoisotopic (exact) mass is 330 g/mol. The zero-order valence-electron chi connectivity index (χ0n) is 14.9. The van der Waals surface area contributed by atoms with E-state index >= 15 is 0 Å². The van der Waals surface area contributed by atoms with Crippen LogP contribution >= 0.6 is 0 Å². The first kappa shape index (κ1) is 17.0. The summed E-state index contributed by atoms with van der Waals surface area (Å²) in [4.78, 5) is 25.5. The molecule has 1 heterocycles. The highest BCUT2D eigenvalue weighted by molar-refractivity contribution is 5.99. The lowest BCUT2D eigenvalue weighted by Gasteiger charge is -2.51. The minimum Gasteiger partial charge on any atom is -0.461 e. The fraction of sp³-hybridized carbons (Fsp3) is 0.600. The lowest BCUT2D eigenvalue weighted by molar-refractivity contribution is -0.168. The minimum atomic E-state index is -0.445. The Morgan fingerprint density at radius 3 is 2.88 bits per heavy atom. The van der Waals surface area contributed by atoms with Crippen molar-refractivity contribution in [3.8, 4) is 0 Å². The Kier molecular flexibility index (Phi) is 4.18. The van der Waals surface area contributed by atoms with Crippen molar-refractivity contribution in [2.45, 2.75) is 53.1 Å². The van der Waals surface area contributed by atoms with Gasteiger partial charge < -0.3 is 9.15 Å². The lowest BCUT2D eigenvalue weighted by Crippen LogP contribution is -2.50. The van der Waals surface area contributed by atoms with Crippen molar-refractivity contribution < 1.29 is 18.7 Å². The molecule has 0 N–H and O–H groups in total. The summed E-state index contributed by atoms with van der Waals surface area (Å²) in [5, 5.41) is 0. The smallest absolute Gasteiger partial charge is 0.313 e. The van der Waals surface area contributed by atoms with Crippen LogP contribution in [0.4, 0.5) is 0 Å². The van der Waals surface area contributed by atoms with Crippen LogP contribution in [-0.4, -0.2) is 11.8 Å². The van der Waals surface area contributed by atoms with Crippen molar-refractivity contribution in [3.63, 3.8) is 0 Å². The lowest BCUT2D eigenvalue weighted by atomic mass is 9.54. The van der Waals surface area contributed by atoms with Crippen LogP contribution in [0.1, 0.15) is 67.8 Å². The predicted octanol–water partition coefficient (Wildman–Crippen LogP) is 4.63. The van der Waals surface area contributed by atoms with Gasteiger partial charge in [-0.2, -0.15) is 0 Å². The number of carbonyl (C=O) groups is 2. The van der Waals surface area contributed by atoms with Gasteiger partial charge in [0.05, 0.1) is 12.2 Å². The van der Waals surface area contributed by atoms with E-state index in [0.29, 0.717) is 11.7 Å². The van der Waals surface area contributed by atoms with Crippen LogP contribution in [0, 0.1) is 30.1 Å². The van der Waals surface area contributed by atoms with Gasteiger partial charge in [0.2, 0.25) is 5.78 Å². The zero-order valence-corrected chi connectivity index (χ0v) is 14.9. The molecule has 0 aromatic carbocycles. The van der Waals surface area contributed by atoms with Crippen LogP contribution in [0.2, 0.25) is 0 Å². The Morgan fingerprint density at radius 2 is 2.21 bits per heavy atom. The molecule has 0 amide bonds. The minimum absolute atomic E-state index is 0.0659. The number of esters is 1. The number of furan rings is 1. The third kappa shape index (κ3) is 2.27. The summed E-state index contributed by atoms with van der Waals surface area (Å²) in [7, 11) is 0. The highest BCUT2D eigenvalue weighted by atomic mass is 16.5. The molecule has 2 aliphatic carbocycles. The van der Waals surface area contributed by atoms with Gasteiger partial charge in [0.15, 0.2) is 5.76 Å². The highest BCUT2D eigenvalue weighted by Gasteiger charge is 2.58. The largest absolute Gasteiger partial charge is 0.461 e. The summed E-state index contributed by atoms with van der Waals surface area (Å²) < 4.78 is 11.5. The van der Waals surface area contributed by atoms with E-state index in [2.05, 4.69) is 20.4 Å². The van der Waals surface area contributed by atoms with Crippen LogP contribution in [0.15, 0.2) is 23.3 Å². The summed E-state index contributed by atoms with van der Waals surface area (Å²) >= 11 is 0. The average Bonchev–Trinajstić information content (AvgIpc) is 2.94. The van der Waals surface area contributed by atoms with E-state index < -0.39 is 11.5 Å². The Hall–Kier alpha value is -1.84. The molecule has 0 aliphatic heterocycles. The predicted molar refractivity (Wildman–Crippen MR) is 90.6 cm³/mol. The van der Waals surface area contributed by atoms with E-state index in [1.807, 2.05) is 6.92 Å². The molecule has 4 nitrogen and oxygen atoms in total. The number of fused-ring (bicyclic) bond motifs is 2. The molecule has 24 heavy (non-hydrogen) atoms. The SMILES string of the molecule is C=C[C@H](C)C(=O)O[C@@H]1c2c(C)coc2C(=O)[C@@H]2CCC[C@H](C)[C@@]12C. The standard InChI is InChI=1S/C20H26O4/c1-6-11(2)19(22)24-18-15-12(3)10-23-17(15)16(21)14-9-7-8-13(4)20(14,18)5/h6,10-11,13-14,18H,1,7-9H2,2-5H3/t11-,13-,14-,18+,20+/m0/s1. The van der Waals surface area contributed by atoms with Gasteiger partial charge in [-0.1, -0.05) is 26.3 Å². The zero-order chi connectivity index (χ0) is 17.6. The Morgan fingerprint density at radius 1 is 1.50 bits per heavy atom. The van der Waals surface area contributed by atoms with Crippen molar-refractivity contribution in [3.05, 3.63) is 35.8 Å². The van der Waals surface area contributed by atoms with E-state index in [0.717, 1.165) is 30.4 Å². The number of ether oxygens (including phenoxy) is 1. The molecular formula is C20H26O4. The molecule has 1 fully saturated rings. The second kappa shape index (κ2) is 5.91. The number of ketones is 1. The second-order valence-electron chi connectivity index (χ2n) is 7.62. The molecule has 0 unspecified atom stereocenters. The molecule has 0 radical (unpaired) electrons. The van der Waals surface area contributed by atoms with Crippen LogP contribution in [0.5, 0.6) is 0 Å². The summed E-state index contributed by atoms with van der Waals surface area (Å²) in [5.74, 6) is -0.0900. The first-order chi connectivity index (χ1) is 11.3. The van der Waals surface area contributed by atoms with Crippen LogP contribution < -0.4 is 0 Å². The fourth-order valence-corrected chi connectivity index (χ4v) is 4.39. The molecule has 130 valence electrons. The van der Waals surface area contributed by atoms with E-state index in [4.69, 9.17) is 9.15 Å². The molecule has 0 bridgehead atoms. The molecule has 4 heteroatoms. The summed E-state index contributed by atoms with van der Waals surface area (Å²) in [6.45, 7) is 11.6. The Bertz CT molecular complexity index is 686.